The molecule has 0 spiro atoms. The van der Waals surface area contributed by atoms with Gasteiger partial charge < -0.3 is 26.4 Å². The number of aliphatic hydroxyl groups excluding tert-OH is 2. The van der Waals surface area contributed by atoms with Crippen LogP contribution in [-0.4, -0.2) is 68.0 Å². The first-order valence-corrected chi connectivity index (χ1v) is 8.88. The number of aromatic nitrogens is 8. The van der Waals surface area contributed by atoms with E-state index in [0.717, 1.165) is 0 Å². The number of nitrogens with two attached hydrogens (primary N) is 2. The summed E-state index contributed by atoms with van der Waals surface area (Å²) in [5, 5.41) is 21.0. The average Bonchev–Trinajstić information content (AvgIpc) is 3.26. The van der Waals surface area contributed by atoms with Crippen LogP contribution < -0.4 is 17.0 Å². The van der Waals surface area contributed by atoms with Crippen LogP contribution in [0.2, 0.25) is 0 Å². The Morgan fingerprint density at radius 2 is 1.93 bits per heavy atom. The number of anilines is 2. The van der Waals surface area contributed by atoms with Gasteiger partial charge in [0.1, 0.15) is 24.1 Å². The molecule has 1 aliphatic heterocycles. The Bertz CT molecular complexity index is 1320. The molecule has 0 bridgehead atoms. The average molecular weight is 412 g/mol. The lowest BCUT2D eigenvalue weighted by molar-refractivity contribution is -0.0347. The zero-order chi connectivity index (χ0) is 21.0. The molecule has 1 aliphatic rings. The van der Waals surface area contributed by atoms with Crippen LogP contribution in [0, 0.1) is 0 Å². The molecule has 0 saturated carbocycles. The van der Waals surface area contributed by atoms with Crippen LogP contribution in [0.15, 0.2) is 23.6 Å². The molecule has 0 aliphatic carbocycles. The molecule has 5 heterocycles. The Morgan fingerprint density at radius 3 is 2.77 bits per heavy atom. The molecule has 1 fully saturated rings. The van der Waals surface area contributed by atoms with Gasteiger partial charge in [-0.15, -0.1) is 0 Å². The van der Waals surface area contributed by atoms with Gasteiger partial charge in [-0.1, -0.05) is 0 Å². The van der Waals surface area contributed by atoms with Crippen LogP contribution in [0.25, 0.3) is 22.3 Å². The molecular formula is C16H16N10O4. The third kappa shape index (κ3) is 2.81. The molecule has 7 N–H and O–H groups in total. The monoisotopic (exact) mass is 412 g/mol. The molecule has 0 amide bonds. The summed E-state index contributed by atoms with van der Waals surface area (Å²) in [6.45, 7) is 0. The number of imidazole rings is 1. The van der Waals surface area contributed by atoms with E-state index in [1.165, 1.54) is 23.4 Å². The SMILES string of the molecule is Nc1nc2ncc(C[C@H]3O[C@@H](n4cnc5c(N)ncnc54)[C@H](O)[C@@H]3O)nc2c(=O)[nH]1. The number of rotatable bonds is 3. The quantitative estimate of drug-likeness (QED) is 0.244. The molecular weight excluding hydrogens is 396 g/mol. The van der Waals surface area contributed by atoms with E-state index in [1.807, 2.05) is 0 Å². The van der Waals surface area contributed by atoms with Crippen molar-refractivity contribution in [1.82, 2.24) is 39.5 Å². The number of fused-ring (bicyclic) bond motifs is 2. The second-order valence-electron chi connectivity index (χ2n) is 6.82. The molecule has 4 aromatic rings. The molecule has 154 valence electrons. The normalized spacial score (nSPS) is 24.1. The van der Waals surface area contributed by atoms with E-state index in [-0.39, 0.29) is 29.4 Å². The van der Waals surface area contributed by atoms with Gasteiger partial charge in [0.25, 0.3) is 5.56 Å². The number of nitrogens with one attached hydrogen (secondary N) is 1. The van der Waals surface area contributed by atoms with Crippen LogP contribution in [0.5, 0.6) is 0 Å². The molecule has 14 nitrogen and oxygen atoms in total. The maximum absolute atomic E-state index is 12.0. The van der Waals surface area contributed by atoms with Gasteiger partial charge >= 0.3 is 0 Å². The van der Waals surface area contributed by atoms with Gasteiger partial charge in [-0.05, 0) is 0 Å². The summed E-state index contributed by atoms with van der Waals surface area (Å²) in [5.41, 5.74) is 12.0. The summed E-state index contributed by atoms with van der Waals surface area (Å²) < 4.78 is 7.35. The summed E-state index contributed by atoms with van der Waals surface area (Å²) in [6, 6.07) is 0. The first kappa shape index (κ1) is 18.3. The number of nitrogens with zero attached hydrogens (tertiary/aromatic N) is 7. The van der Waals surface area contributed by atoms with Crippen LogP contribution in [0.4, 0.5) is 11.8 Å². The summed E-state index contributed by atoms with van der Waals surface area (Å²) in [5.74, 6) is 0.126. The lowest BCUT2D eigenvalue weighted by atomic mass is 10.1. The fourth-order valence-corrected chi connectivity index (χ4v) is 3.46. The Balaban J connectivity index is 1.44. The van der Waals surface area contributed by atoms with E-state index in [4.69, 9.17) is 16.2 Å². The van der Waals surface area contributed by atoms with Gasteiger partial charge in [-0.2, -0.15) is 4.98 Å². The predicted octanol–water partition coefficient (Wildman–Crippen LogP) is -2.12. The zero-order valence-electron chi connectivity index (χ0n) is 15.2. The van der Waals surface area contributed by atoms with E-state index < -0.39 is 30.1 Å². The standard InChI is InChI=1S/C16H16N10O4/c17-11-7-13(21-3-20-11)26(4-22-7)15-10(28)9(27)6(30-15)1-5-2-19-12-8(23-5)14(29)25-16(18)24-12/h2-4,6,9-10,15,27-28H,1H2,(H2,17,20,21)(H3,18,19,24,25,29)/t6-,9-,10-,15-/m1/s1. The first-order chi connectivity index (χ1) is 14.4. The second kappa shape index (κ2) is 6.65. The van der Waals surface area contributed by atoms with Crippen molar-refractivity contribution < 1.29 is 14.9 Å². The minimum Gasteiger partial charge on any atom is -0.388 e. The van der Waals surface area contributed by atoms with Crippen LogP contribution in [0.3, 0.4) is 0 Å². The Hall–Kier alpha value is -3.75. The van der Waals surface area contributed by atoms with Gasteiger partial charge in [0.05, 0.1) is 24.3 Å². The van der Waals surface area contributed by atoms with Crippen molar-refractivity contribution in [2.24, 2.45) is 0 Å². The van der Waals surface area contributed by atoms with Gasteiger partial charge in [-0.3, -0.25) is 14.3 Å². The minimum atomic E-state index is -1.26. The molecule has 30 heavy (non-hydrogen) atoms. The van der Waals surface area contributed by atoms with Crippen LogP contribution in [-0.2, 0) is 11.2 Å². The largest absolute Gasteiger partial charge is 0.388 e. The fraction of sp³-hybridized carbons (Fsp3) is 0.312. The van der Waals surface area contributed by atoms with Gasteiger partial charge in [-0.25, -0.2) is 24.9 Å². The maximum Gasteiger partial charge on any atom is 0.280 e. The summed E-state index contributed by atoms with van der Waals surface area (Å²) in [7, 11) is 0. The topological polar surface area (TPSA) is 217 Å². The van der Waals surface area contributed by atoms with Gasteiger partial charge in [0.2, 0.25) is 5.95 Å². The molecule has 14 heteroatoms. The van der Waals surface area contributed by atoms with Crippen molar-refractivity contribution >= 4 is 34.1 Å². The Labute approximate surface area is 166 Å². The summed E-state index contributed by atoms with van der Waals surface area (Å²) >= 11 is 0. The van der Waals surface area contributed by atoms with Crippen LogP contribution >= 0.6 is 0 Å². The van der Waals surface area contributed by atoms with Crippen molar-refractivity contribution in [2.45, 2.75) is 31.0 Å². The van der Waals surface area contributed by atoms with Gasteiger partial charge in [0.15, 0.2) is 28.9 Å². The highest BCUT2D eigenvalue weighted by Crippen LogP contribution is 2.33. The second-order valence-corrected chi connectivity index (χ2v) is 6.82. The number of hydrogen-bond donors (Lipinski definition) is 5. The third-order valence-corrected chi connectivity index (χ3v) is 4.89. The summed E-state index contributed by atoms with van der Waals surface area (Å²) in [6.07, 6.45) is -0.0980. The molecule has 0 unspecified atom stereocenters. The highest BCUT2D eigenvalue weighted by molar-refractivity contribution is 5.81. The van der Waals surface area contributed by atoms with E-state index in [2.05, 4.69) is 34.9 Å². The highest BCUT2D eigenvalue weighted by Gasteiger charge is 2.44. The molecule has 5 rings (SSSR count). The predicted molar refractivity (Wildman–Crippen MR) is 102 cm³/mol. The van der Waals surface area contributed by atoms with Crippen molar-refractivity contribution in [2.75, 3.05) is 11.5 Å². The number of H-pyrrole nitrogens is 1. The molecule has 1 saturated heterocycles. The molecule has 0 aromatic carbocycles. The smallest absolute Gasteiger partial charge is 0.280 e. The maximum atomic E-state index is 12.0. The number of aromatic amines is 1. The number of aliphatic hydroxyl groups is 2. The van der Waals surface area contributed by atoms with Crippen molar-refractivity contribution in [3.05, 3.63) is 34.9 Å². The van der Waals surface area contributed by atoms with E-state index in [0.29, 0.717) is 16.9 Å². The summed E-state index contributed by atoms with van der Waals surface area (Å²) in [4.78, 5) is 38.8. The number of ether oxygens (including phenoxy) is 1. The first-order valence-electron chi connectivity index (χ1n) is 8.88. The fourth-order valence-electron chi connectivity index (χ4n) is 3.46. The van der Waals surface area contributed by atoms with E-state index in [9.17, 15) is 15.0 Å². The van der Waals surface area contributed by atoms with Gasteiger partial charge in [0, 0.05) is 6.42 Å². The lowest BCUT2D eigenvalue weighted by Crippen LogP contribution is -2.32. The molecule has 4 aromatic heterocycles. The lowest BCUT2D eigenvalue weighted by Gasteiger charge is -2.16. The Morgan fingerprint density at radius 1 is 1.10 bits per heavy atom. The number of nitrogen functional groups attached to an aromatic ring is 2. The molecule has 0 radical (unpaired) electrons. The molecule has 4 atom stereocenters. The van der Waals surface area contributed by atoms with Crippen molar-refractivity contribution in [1.29, 1.82) is 0 Å². The Kier molecular flexibility index (Phi) is 4.05. The van der Waals surface area contributed by atoms with Crippen molar-refractivity contribution in [3.63, 3.8) is 0 Å². The van der Waals surface area contributed by atoms with Crippen LogP contribution in [0.1, 0.15) is 11.9 Å². The number of hydrogen-bond acceptors (Lipinski definition) is 12. The zero-order valence-corrected chi connectivity index (χ0v) is 15.2. The van der Waals surface area contributed by atoms with Crippen molar-refractivity contribution in [3.8, 4) is 0 Å². The minimum absolute atomic E-state index is 0.0130. The van der Waals surface area contributed by atoms with E-state index >= 15 is 0 Å². The third-order valence-electron chi connectivity index (χ3n) is 4.89. The van der Waals surface area contributed by atoms with E-state index in [1.54, 1.807) is 0 Å². The highest BCUT2D eigenvalue weighted by atomic mass is 16.6.